The first-order chi connectivity index (χ1) is 9.09. The van der Waals surface area contributed by atoms with Crippen molar-refractivity contribution in [1.29, 1.82) is 0 Å². The molecule has 2 N–H and O–H groups in total. The Labute approximate surface area is 112 Å². The standard InChI is InChI=1S/C11H17N3O4S/c1-12-11-10(3-2-4-13-11)19(16,17)14-5-6-18-9(7-14)8-15/h2-4,9,15H,5-8H2,1H3,(H,12,13). The van der Waals surface area contributed by atoms with Crippen molar-refractivity contribution in [3.63, 3.8) is 0 Å². The summed E-state index contributed by atoms with van der Waals surface area (Å²) in [5.74, 6) is 0.314. The fraction of sp³-hybridized carbons (Fsp3) is 0.545. The number of nitrogens with zero attached hydrogens (tertiary/aromatic N) is 2. The highest BCUT2D eigenvalue weighted by molar-refractivity contribution is 7.89. The lowest BCUT2D eigenvalue weighted by molar-refractivity contribution is -0.0304. The molecule has 0 radical (unpaired) electrons. The average Bonchev–Trinajstić information content (AvgIpc) is 2.47. The van der Waals surface area contributed by atoms with Crippen LogP contribution in [0.2, 0.25) is 0 Å². The van der Waals surface area contributed by atoms with E-state index in [2.05, 4.69) is 10.3 Å². The Balaban J connectivity index is 2.31. The zero-order valence-corrected chi connectivity index (χ0v) is 11.4. The molecule has 106 valence electrons. The molecule has 1 aromatic rings. The van der Waals surface area contributed by atoms with Gasteiger partial charge in [0.2, 0.25) is 10.0 Å². The summed E-state index contributed by atoms with van der Waals surface area (Å²) in [6.45, 7) is 0.505. The summed E-state index contributed by atoms with van der Waals surface area (Å²) >= 11 is 0. The smallest absolute Gasteiger partial charge is 0.246 e. The SMILES string of the molecule is CNc1ncccc1S(=O)(=O)N1CCOC(CO)C1. The van der Waals surface area contributed by atoms with Gasteiger partial charge in [0, 0.05) is 26.3 Å². The van der Waals surface area contributed by atoms with Crippen molar-refractivity contribution in [2.75, 3.05) is 38.7 Å². The molecule has 1 atom stereocenters. The van der Waals surface area contributed by atoms with Crippen LogP contribution >= 0.6 is 0 Å². The van der Waals surface area contributed by atoms with Gasteiger partial charge in [0.05, 0.1) is 19.3 Å². The van der Waals surface area contributed by atoms with Crippen LogP contribution in [0, 0.1) is 0 Å². The molecule has 0 saturated carbocycles. The van der Waals surface area contributed by atoms with Gasteiger partial charge < -0.3 is 15.2 Å². The van der Waals surface area contributed by atoms with Crippen molar-refractivity contribution < 1.29 is 18.3 Å². The third-order valence-corrected chi connectivity index (χ3v) is 4.83. The lowest BCUT2D eigenvalue weighted by Crippen LogP contribution is -2.46. The zero-order valence-electron chi connectivity index (χ0n) is 10.6. The first kappa shape index (κ1) is 14.2. The van der Waals surface area contributed by atoms with Gasteiger partial charge in [-0.3, -0.25) is 0 Å². The van der Waals surface area contributed by atoms with E-state index in [9.17, 15) is 8.42 Å². The predicted molar refractivity (Wildman–Crippen MR) is 69.4 cm³/mol. The van der Waals surface area contributed by atoms with Crippen LogP contribution in [0.15, 0.2) is 23.2 Å². The zero-order chi connectivity index (χ0) is 13.9. The fourth-order valence-electron chi connectivity index (χ4n) is 1.95. The van der Waals surface area contributed by atoms with E-state index in [4.69, 9.17) is 9.84 Å². The van der Waals surface area contributed by atoms with Gasteiger partial charge in [0.15, 0.2) is 0 Å². The molecule has 2 heterocycles. The lowest BCUT2D eigenvalue weighted by atomic mass is 10.3. The van der Waals surface area contributed by atoms with Crippen LogP contribution in [0.3, 0.4) is 0 Å². The second-order valence-corrected chi connectivity index (χ2v) is 6.04. The number of hydrogen-bond donors (Lipinski definition) is 2. The molecule has 1 aliphatic rings. The van der Waals surface area contributed by atoms with E-state index in [-0.39, 0.29) is 31.2 Å². The van der Waals surface area contributed by atoms with Crippen molar-refractivity contribution in [3.05, 3.63) is 18.3 Å². The number of anilines is 1. The van der Waals surface area contributed by atoms with Gasteiger partial charge in [0.25, 0.3) is 0 Å². The second-order valence-electron chi connectivity index (χ2n) is 4.14. The van der Waals surface area contributed by atoms with Crippen LogP contribution in [0.4, 0.5) is 5.82 Å². The molecule has 0 aromatic carbocycles. The molecule has 7 nitrogen and oxygen atoms in total. The number of nitrogens with one attached hydrogen (secondary N) is 1. The van der Waals surface area contributed by atoms with Gasteiger partial charge in [-0.1, -0.05) is 0 Å². The van der Waals surface area contributed by atoms with Crippen LogP contribution < -0.4 is 5.32 Å². The van der Waals surface area contributed by atoms with Crippen molar-refractivity contribution in [2.24, 2.45) is 0 Å². The highest BCUT2D eigenvalue weighted by atomic mass is 32.2. The third-order valence-electron chi connectivity index (χ3n) is 2.93. The number of sulfonamides is 1. The highest BCUT2D eigenvalue weighted by Gasteiger charge is 2.32. The number of aliphatic hydroxyl groups excluding tert-OH is 1. The molecule has 0 spiro atoms. The summed E-state index contributed by atoms with van der Waals surface area (Å²) in [6.07, 6.45) is 1.05. The Morgan fingerprint density at radius 2 is 2.42 bits per heavy atom. The molecule has 1 aliphatic heterocycles. The van der Waals surface area contributed by atoms with E-state index < -0.39 is 16.1 Å². The fourth-order valence-corrected chi connectivity index (χ4v) is 3.55. The summed E-state index contributed by atoms with van der Waals surface area (Å²) in [7, 11) is -2.01. The molecule has 1 unspecified atom stereocenters. The van der Waals surface area contributed by atoms with E-state index in [0.29, 0.717) is 5.82 Å². The number of pyridine rings is 1. The topological polar surface area (TPSA) is 91.8 Å². The van der Waals surface area contributed by atoms with Crippen molar-refractivity contribution in [2.45, 2.75) is 11.0 Å². The van der Waals surface area contributed by atoms with Crippen molar-refractivity contribution >= 4 is 15.8 Å². The number of rotatable bonds is 4. The number of aliphatic hydroxyl groups is 1. The van der Waals surface area contributed by atoms with Crippen LogP contribution in [-0.2, 0) is 14.8 Å². The van der Waals surface area contributed by atoms with E-state index in [1.165, 1.54) is 16.6 Å². The van der Waals surface area contributed by atoms with E-state index in [1.54, 1.807) is 13.1 Å². The second kappa shape index (κ2) is 5.83. The summed E-state index contributed by atoms with van der Waals surface area (Å²) in [4.78, 5) is 4.14. The number of hydrogen-bond acceptors (Lipinski definition) is 6. The van der Waals surface area contributed by atoms with E-state index in [0.717, 1.165) is 0 Å². The number of aromatic nitrogens is 1. The van der Waals surface area contributed by atoms with Crippen molar-refractivity contribution in [1.82, 2.24) is 9.29 Å². The van der Waals surface area contributed by atoms with Crippen molar-refractivity contribution in [3.8, 4) is 0 Å². The summed E-state index contributed by atoms with van der Waals surface area (Å²) in [6, 6.07) is 3.09. The minimum atomic E-state index is -3.63. The Morgan fingerprint density at radius 3 is 3.11 bits per heavy atom. The minimum absolute atomic E-state index is 0.135. The quantitative estimate of drug-likeness (QED) is 0.776. The monoisotopic (exact) mass is 287 g/mol. The predicted octanol–water partition coefficient (Wildman–Crippen LogP) is -0.495. The average molecular weight is 287 g/mol. The molecule has 1 saturated heterocycles. The van der Waals surface area contributed by atoms with Gasteiger partial charge in [-0.15, -0.1) is 0 Å². The first-order valence-electron chi connectivity index (χ1n) is 5.95. The Kier molecular flexibility index (Phi) is 4.35. The van der Waals surface area contributed by atoms with E-state index in [1.807, 2.05) is 0 Å². The normalized spacial score (nSPS) is 21.3. The molecule has 0 amide bonds. The molecular weight excluding hydrogens is 270 g/mol. The molecule has 1 fully saturated rings. The maximum atomic E-state index is 12.5. The van der Waals surface area contributed by atoms with E-state index >= 15 is 0 Å². The Hall–Kier alpha value is -1.22. The van der Waals surface area contributed by atoms with Crippen LogP contribution in [0.5, 0.6) is 0 Å². The van der Waals surface area contributed by atoms with Crippen LogP contribution in [0.25, 0.3) is 0 Å². The molecule has 0 aliphatic carbocycles. The molecule has 0 bridgehead atoms. The summed E-state index contributed by atoms with van der Waals surface area (Å²) in [5.41, 5.74) is 0. The molecule has 8 heteroatoms. The van der Waals surface area contributed by atoms with Crippen LogP contribution in [0.1, 0.15) is 0 Å². The largest absolute Gasteiger partial charge is 0.394 e. The molecular formula is C11H17N3O4S. The van der Waals surface area contributed by atoms with Gasteiger partial charge in [0.1, 0.15) is 10.7 Å². The maximum Gasteiger partial charge on any atom is 0.246 e. The minimum Gasteiger partial charge on any atom is -0.394 e. The van der Waals surface area contributed by atoms with Gasteiger partial charge in [-0.25, -0.2) is 13.4 Å². The highest BCUT2D eigenvalue weighted by Crippen LogP contribution is 2.23. The number of morpholine rings is 1. The van der Waals surface area contributed by atoms with Gasteiger partial charge in [-0.05, 0) is 12.1 Å². The number of ether oxygens (including phenoxy) is 1. The Morgan fingerprint density at radius 1 is 1.63 bits per heavy atom. The Bertz CT molecular complexity index is 534. The van der Waals surface area contributed by atoms with Gasteiger partial charge >= 0.3 is 0 Å². The maximum absolute atomic E-state index is 12.5. The third kappa shape index (κ3) is 2.86. The lowest BCUT2D eigenvalue weighted by Gasteiger charge is -2.31. The molecule has 19 heavy (non-hydrogen) atoms. The summed E-state index contributed by atoms with van der Waals surface area (Å²) in [5, 5.41) is 11.8. The molecule has 2 rings (SSSR count). The molecule has 1 aromatic heterocycles. The first-order valence-corrected chi connectivity index (χ1v) is 7.39. The van der Waals surface area contributed by atoms with Gasteiger partial charge in [-0.2, -0.15) is 4.31 Å². The summed E-state index contributed by atoms with van der Waals surface area (Å²) < 4.78 is 31.6. The van der Waals surface area contributed by atoms with Crippen LogP contribution in [-0.4, -0.2) is 62.3 Å².